The van der Waals surface area contributed by atoms with Gasteiger partial charge in [0.05, 0.1) is 34.0 Å². The number of rotatable bonds is 12. The Hall–Kier alpha value is -5.80. The maximum atomic E-state index is 14.8. The van der Waals surface area contributed by atoms with E-state index in [9.17, 15) is 44.0 Å². The van der Waals surface area contributed by atoms with E-state index in [1.54, 1.807) is 19.9 Å². The average molecular weight is 960 g/mol. The Morgan fingerprint density at radius 3 is 1.54 bits per heavy atom. The van der Waals surface area contributed by atoms with Crippen LogP contribution in [0.4, 0.5) is 28.9 Å². The van der Waals surface area contributed by atoms with Crippen LogP contribution in [-0.2, 0) is 20.0 Å². The Balaban J connectivity index is 0.000000237. The van der Waals surface area contributed by atoms with E-state index in [2.05, 4.69) is 71.7 Å². The molecule has 0 fully saturated rings. The first-order chi connectivity index (χ1) is 28.6. The number of carbonyl (C=O) groups is 2. The van der Waals surface area contributed by atoms with E-state index in [0.717, 1.165) is 24.3 Å². The van der Waals surface area contributed by atoms with Gasteiger partial charge in [0, 0.05) is 56.7 Å². The Morgan fingerprint density at radius 2 is 1.15 bits per heavy atom. The van der Waals surface area contributed by atoms with Crippen LogP contribution in [0.2, 0.25) is 19.6 Å². The van der Waals surface area contributed by atoms with Crippen molar-refractivity contribution in [3.05, 3.63) is 117 Å². The molecule has 2 aromatic carbocycles. The van der Waals surface area contributed by atoms with Gasteiger partial charge < -0.3 is 9.97 Å². The molecule has 6 aromatic rings. The largest absolute Gasteiger partial charge is 0.345 e. The summed E-state index contributed by atoms with van der Waals surface area (Å²) >= 11 is 3.23. The fraction of sp³-hybridized carbons (Fsp3) is 0.220. The number of pyridine rings is 2. The van der Waals surface area contributed by atoms with Crippen LogP contribution in [0.15, 0.2) is 65.7 Å². The van der Waals surface area contributed by atoms with Crippen LogP contribution in [0.5, 0.6) is 0 Å². The molecular formula is C41H39BrF4N6O6S2Si. The second-order valence-corrected chi connectivity index (χ2v) is 23.6. The summed E-state index contributed by atoms with van der Waals surface area (Å²) in [6.07, 6.45) is 16.6. The summed E-state index contributed by atoms with van der Waals surface area (Å²) < 4.78 is 110. The van der Waals surface area contributed by atoms with E-state index >= 15 is 0 Å². The third-order valence-electron chi connectivity index (χ3n) is 8.23. The number of hydrogen-bond acceptors (Lipinski definition) is 8. The number of nitrogens with zero attached hydrogens (tertiary/aromatic N) is 2. The van der Waals surface area contributed by atoms with Gasteiger partial charge in [-0.05, 0) is 65.2 Å². The summed E-state index contributed by atoms with van der Waals surface area (Å²) in [4.78, 5) is 39.3. The molecule has 20 heteroatoms. The van der Waals surface area contributed by atoms with Crippen LogP contribution in [0.1, 0.15) is 64.1 Å². The van der Waals surface area contributed by atoms with Gasteiger partial charge in [-0.3, -0.25) is 19.0 Å². The minimum absolute atomic E-state index is 0.0187. The molecule has 4 N–H and O–H groups in total. The molecule has 0 radical (unpaired) electrons. The zero-order valence-corrected chi connectivity index (χ0v) is 37.5. The highest BCUT2D eigenvalue weighted by molar-refractivity contribution is 9.10. The summed E-state index contributed by atoms with van der Waals surface area (Å²) in [5.74, 6) is -4.74. The zero-order valence-electron chi connectivity index (χ0n) is 33.3. The number of carbonyl (C=O) groups excluding carboxylic acids is 2. The Kier molecular flexibility index (Phi) is 15.5. The summed E-state index contributed by atoms with van der Waals surface area (Å²) in [6, 6.07) is 6.65. The predicted octanol–water partition coefficient (Wildman–Crippen LogP) is 8.69. The zero-order chi connectivity index (χ0) is 45.4. The number of sulfonamides is 2. The van der Waals surface area contributed by atoms with E-state index in [4.69, 9.17) is 12.8 Å². The molecule has 0 aliphatic carbocycles. The Bertz CT molecular complexity index is 2960. The number of aromatic nitrogens is 4. The maximum Gasteiger partial charge on any atom is 0.232 e. The van der Waals surface area contributed by atoms with Crippen molar-refractivity contribution in [2.24, 2.45) is 0 Å². The van der Waals surface area contributed by atoms with Crippen LogP contribution in [0.3, 0.4) is 0 Å². The topological polar surface area (TPSA) is 184 Å². The second-order valence-electron chi connectivity index (χ2n) is 14.2. The third kappa shape index (κ3) is 11.9. The molecule has 6 rings (SSSR count). The molecule has 320 valence electrons. The molecule has 61 heavy (non-hydrogen) atoms. The van der Waals surface area contributed by atoms with E-state index in [0.29, 0.717) is 44.9 Å². The van der Waals surface area contributed by atoms with Crippen LogP contribution in [-0.4, -0.2) is 67.9 Å². The highest BCUT2D eigenvalue weighted by atomic mass is 79.9. The van der Waals surface area contributed by atoms with Crippen molar-refractivity contribution < 1.29 is 44.0 Å². The maximum absolute atomic E-state index is 14.8. The fourth-order valence-corrected chi connectivity index (χ4v) is 7.95. The quantitative estimate of drug-likeness (QED) is 0.0407. The van der Waals surface area contributed by atoms with Gasteiger partial charge in [-0.25, -0.2) is 44.4 Å². The highest BCUT2D eigenvalue weighted by Gasteiger charge is 2.27. The van der Waals surface area contributed by atoms with E-state index in [1.807, 2.05) is 4.72 Å². The van der Waals surface area contributed by atoms with Crippen LogP contribution < -0.4 is 9.44 Å². The second kappa shape index (κ2) is 19.7. The van der Waals surface area contributed by atoms with Gasteiger partial charge in [-0.15, -0.1) is 18.4 Å². The van der Waals surface area contributed by atoms with E-state index in [-0.39, 0.29) is 22.6 Å². The lowest BCUT2D eigenvalue weighted by atomic mass is 10.0. The van der Waals surface area contributed by atoms with Crippen molar-refractivity contribution >= 4 is 89.1 Å². The Labute approximate surface area is 359 Å². The monoisotopic (exact) mass is 958 g/mol. The number of terminal acetylenes is 2. The van der Waals surface area contributed by atoms with Crippen LogP contribution in [0, 0.1) is 47.6 Å². The minimum Gasteiger partial charge on any atom is -0.345 e. The smallest absolute Gasteiger partial charge is 0.232 e. The molecule has 12 nitrogen and oxygen atoms in total. The van der Waals surface area contributed by atoms with Gasteiger partial charge in [-0.2, -0.15) is 0 Å². The molecular weight excluding hydrogens is 921 g/mol. The van der Waals surface area contributed by atoms with Gasteiger partial charge in [0.25, 0.3) is 0 Å². The van der Waals surface area contributed by atoms with E-state index in [1.165, 1.54) is 30.9 Å². The molecule has 0 bridgehead atoms. The van der Waals surface area contributed by atoms with Crippen molar-refractivity contribution in [1.82, 2.24) is 19.9 Å². The van der Waals surface area contributed by atoms with Crippen molar-refractivity contribution in [2.45, 2.75) is 46.3 Å². The molecule has 4 heterocycles. The van der Waals surface area contributed by atoms with Gasteiger partial charge in [0.15, 0.2) is 11.6 Å². The summed E-state index contributed by atoms with van der Waals surface area (Å²) in [5, 5.41) is 0.682. The molecule has 0 unspecified atom stereocenters. The summed E-state index contributed by atoms with van der Waals surface area (Å²) in [7, 11) is -8.73. The molecule has 0 aliphatic rings. The van der Waals surface area contributed by atoms with Crippen LogP contribution in [0.25, 0.3) is 22.1 Å². The number of hydrogen-bond donors (Lipinski definition) is 4. The number of benzene rings is 2. The molecule has 0 saturated heterocycles. The van der Waals surface area contributed by atoms with Crippen molar-refractivity contribution in [2.75, 3.05) is 20.9 Å². The number of halogens is 5. The molecule has 0 atom stereocenters. The molecule has 0 spiro atoms. The van der Waals surface area contributed by atoms with E-state index < -0.39 is 85.5 Å². The van der Waals surface area contributed by atoms with Crippen molar-refractivity contribution in [3.63, 3.8) is 0 Å². The molecule has 0 saturated carbocycles. The first-order valence-electron chi connectivity index (χ1n) is 18.2. The fourth-order valence-electron chi connectivity index (χ4n) is 5.36. The molecule has 0 aliphatic heterocycles. The number of anilines is 2. The summed E-state index contributed by atoms with van der Waals surface area (Å²) in [6.45, 7) is 9.73. The van der Waals surface area contributed by atoms with Gasteiger partial charge in [0.2, 0.25) is 31.6 Å². The number of aromatic amines is 2. The minimum atomic E-state index is -3.82. The van der Waals surface area contributed by atoms with Crippen molar-refractivity contribution in [3.8, 4) is 24.3 Å². The Morgan fingerprint density at radius 1 is 0.738 bits per heavy atom. The highest BCUT2D eigenvalue weighted by Crippen LogP contribution is 2.30. The third-order valence-corrected chi connectivity index (χ3v) is 12.5. The predicted molar refractivity (Wildman–Crippen MR) is 235 cm³/mol. The SMILES string of the molecule is C#C[Si](C)(C)C.C#Cc1cnc2[nH]cc(C(=O)c3c(F)ccc(NS(=O)(=O)CCC)c3F)c2c1.CCCS(=O)(=O)Nc1ccc(F)c(C(=O)c2c[nH]c3ncc(Br)cc23)c1F. The van der Waals surface area contributed by atoms with Gasteiger partial charge in [-0.1, -0.05) is 39.4 Å². The number of fused-ring (bicyclic) bond motifs is 2. The lowest BCUT2D eigenvalue weighted by Crippen LogP contribution is -2.18. The number of ketones is 2. The first kappa shape index (κ1) is 47.9. The van der Waals surface area contributed by atoms with Crippen molar-refractivity contribution in [1.29, 1.82) is 0 Å². The van der Waals surface area contributed by atoms with Gasteiger partial charge in [0.1, 0.15) is 31.0 Å². The first-order valence-corrected chi connectivity index (χ1v) is 25.8. The summed E-state index contributed by atoms with van der Waals surface area (Å²) in [5.41, 5.74) is 1.13. The normalized spacial score (nSPS) is 11.4. The average Bonchev–Trinajstić information content (AvgIpc) is 3.81. The number of nitrogens with one attached hydrogen (secondary N) is 4. The molecule has 0 amide bonds. The van der Waals surface area contributed by atoms with Crippen LogP contribution >= 0.6 is 15.9 Å². The lowest BCUT2D eigenvalue weighted by molar-refractivity contribution is 0.102. The number of H-pyrrole nitrogens is 2. The lowest BCUT2D eigenvalue weighted by Gasteiger charge is -2.11. The van der Waals surface area contributed by atoms with Gasteiger partial charge >= 0.3 is 0 Å². The molecule has 4 aromatic heterocycles. The standard InChI is InChI=1S/C19H15F2N3O3S.C17H14BrF2N3O3S.C5H10Si/c1-3-7-28(26,27)24-15-6-5-14(20)16(17(15)21)18(25)13-10-23-19-12(13)8-11(4-2)9-22-19;1-2-5-27(25,26)23-13-4-3-12(19)14(15(13)20)16(24)11-8-22-17-10(11)6-9(18)7-21-17;1-5-6(2,3)4/h2,5-6,8-10,24H,3,7H2,1H3,(H,22,23);3-4,6-8,23H,2,5H2,1H3,(H,21,22);1H,2-4H3.